The minimum absolute atomic E-state index is 0.0493. The number of carbonyl (C=O) groups is 1. The average Bonchev–Trinajstić information content (AvgIpc) is 3.70. The molecule has 2 fully saturated rings. The SMILES string of the molecule is Cc1ncc(Cn2c(NC3CCN(C4CCN(C(=O)Nc5cc(C(F)(F)F)cc(C(F)(F)F)c5)C(Cc5ccccc5)C4)CC3)nc3ccccc32)o1. The number of aromatic nitrogens is 3. The van der Waals surface area contributed by atoms with Crippen molar-refractivity contribution in [3.63, 3.8) is 0 Å². The molecule has 2 amide bonds. The number of para-hydroxylation sites is 2. The zero-order chi connectivity index (χ0) is 37.3. The monoisotopic (exact) mass is 739 g/mol. The summed E-state index contributed by atoms with van der Waals surface area (Å²) in [5.74, 6) is 2.08. The van der Waals surface area contributed by atoms with E-state index in [1.165, 1.54) is 0 Å². The summed E-state index contributed by atoms with van der Waals surface area (Å²) in [5, 5.41) is 6.02. The zero-order valence-electron chi connectivity index (χ0n) is 28.9. The second-order valence-corrected chi connectivity index (χ2v) is 13.8. The minimum Gasteiger partial charge on any atom is -0.444 e. The molecule has 2 aliphatic heterocycles. The minimum atomic E-state index is -5.02. The molecule has 5 aromatic rings. The van der Waals surface area contributed by atoms with Crippen LogP contribution in [0.25, 0.3) is 11.0 Å². The lowest BCUT2D eigenvalue weighted by Gasteiger charge is -2.45. The van der Waals surface area contributed by atoms with Crippen LogP contribution in [0, 0.1) is 6.92 Å². The smallest absolute Gasteiger partial charge is 0.416 e. The van der Waals surface area contributed by atoms with Crippen LogP contribution in [0.15, 0.2) is 83.4 Å². The molecule has 2 saturated heterocycles. The second-order valence-electron chi connectivity index (χ2n) is 13.8. The number of nitrogens with one attached hydrogen (secondary N) is 2. The molecule has 2 unspecified atom stereocenters. The van der Waals surface area contributed by atoms with Crippen LogP contribution in [-0.4, -0.2) is 68.1 Å². The summed E-state index contributed by atoms with van der Waals surface area (Å²) in [7, 11) is 0. The number of carbonyl (C=O) groups excluding carboxylic acids is 1. The number of imidazole rings is 1. The van der Waals surface area contributed by atoms with Gasteiger partial charge in [0, 0.05) is 50.4 Å². The molecular formula is C38H39F6N7O2. The molecule has 0 bridgehead atoms. The summed E-state index contributed by atoms with van der Waals surface area (Å²) >= 11 is 0. The van der Waals surface area contributed by atoms with E-state index in [1.807, 2.05) is 61.5 Å². The number of oxazole rings is 1. The van der Waals surface area contributed by atoms with Crippen LogP contribution in [0.2, 0.25) is 0 Å². The number of rotatable bonds is 8. The third-order valence-corrected chi connectivity index (χ3v) is 10.1. The van der Waals surface area contributed by atoms with E-state index in [9.17, 15) is 31.1 Å². The molecule has 0 aliphatic carbocycles. The van der Waals surface area contributed by atoms with E-state index in [2.05, 4.69) is 25.1 Å². The molecule has 15 heteroatoms. The standard InChI is InChI=1S/C38H39F6N7O2/c1-24-45-22-32(53-24)23-51-34-10-6-5-9-33(34)48-35(51)46-28-11-14-49(15-12-28)30-13-16-50(31(21-30)17-25-7-3-2-4-8-25)36(52)47-29-19-26(37(39,40)41)18-27(20-29)38(42,43)44/h2-10,18-20,22,28,30-31H,11-17,21,23H2,1H3,(H,46,48)(H,47,52). The number of likely N-dealkylation sites (tertiary alicyclic amines) is 2. The Morgan fingerprint density at radius 3 is 2.23 bits per heavy atom. The molecular weight excluding hydrogens is 700 g/mol. The summed E-state index contributed by atoms with van der Waals surface area (Å²) in [6, 6.07) is 17.8. The van der Waals surface area contributed by atoms with E-state index < -0.39 is 35.2 Å². The predicted octanol–water partition coefficient (Wildman–Crippen LogP) is 8.60. The summed E-state index contributed by atoms with van der Waals surface area (Å²) in [6.45, 7) is 4.19. The Hall–Kier alpha value is -5.05. The van der Waals surface area contributed by atoms with Gasteiger partial charge < -0.3 is 29.4 Å². The summed E-state index contributed by atoms with van der Waals surface area (Å²) in [6.07, 6.45) is -4.92. The molecule has 4 heterocycles. The number of urea groups is 1. The quantitative estimate of drug-likeness (QED) is 0.155. The van der Waals surface area contributed by atoms with Crippen molar-refractivity contribution in [1.82, 2.24) is 24.3 Å². The predicted molar refractivity (Wildman–Crippen MR) is 187 cm³/mol. The van der Waals surface area contributed by atoms with E-state index in [0.29, 0.717) is 50.4 Å². The zero-order valence-corrected chi connectivity index (χ0v) is 28.9. The number of alkyl halides is 6. The first kappa shape index (κ1) is 36.3. The Bertz CT molecular complexity index is 2000. The Kier molecular flexibility index (Phi) is 10.1. The Morgan fingerprint density at radius 1 is 0.887 bits per heavy atom. The normalized spacial score (nSPS) is 19.1. The Labute approximate surface area is 302 Å². The van der Waals surface area contributed by atoms with E-state index in [4.69, 9.17) is 9.40 Å². The highest BCUT2D eigenvalue weighted by atomic mass is 19.4. The van der Waals surface area contributed by atoms with Crippen LogP contribution >= 0.6 is 0 Å². The van der Waals surface area contributed by atoms with Gasteiger partial charge in [-0.1, -0.05) is 42.5 Å². The van der Waals surface area contributed by atoms with E-state index >= 15 is 0 Å². The lowest BCUT2D eigenvalue weighted by Crippen LogP contribution is -2.55. The topological polar surface area (TPSA) is 91.5 Å². The van der Waals surface area contributed by atoms with Crippen molar-refractivity contribution < 1.29 is 35.6 Å². The molecule has 280 valence electrons. The van der Waals surface area contributed by atoms with Crippen molar-refractivity contribution >= 4 is 28.7 Å². The molecule has 0 spiro atoms. The summed E-state index contributed by atoms with van der Waals surface area (Å²) in [5.41, 5.74) is -0.699. The molecule has 2 aliphatic rings. The molecule has 7 rings (SSSR count). The first-order valence-electron chi connectivity index (χ1n) is 17.6. The van der Waals surface area contributed by atoms with Crippen LogP contribution < -0.4 is 10.6 Å². The summed E-state index contributed by atoms with van der Waals surface area (Å²) in [4.78, 5) is 26.7. The van der Waals surface area contributed by atoms with Gasteiger partial charge in [-0.3, -0.25) is 0 Å². The van der Waals surface area contributed by atoms with Gasteiger partial charge in [0.1, 0.15) is 5.76 Å². The molecule has 2 atom stereocenters. The molecule has 2 N–H and O–H groups in total. The number of benzene rings is 3. The average molecular weight is 740 g/mol. The van der Waals surface area contributed by atoms with Gasteiger partial charge in [-0.15, -0.1) is 0 Å². The number of nitrogens with zero attached hydrogens (tertiary/aromatic N) is 5. The number of fused-ring (bicyclic) bond motifs is 1. The van der Waals surface area contributed by atoms with Gasteiger partial charge in [0.25, 0.3) is 0 Å². The number of hydrogen-bond acceptors (Lipinski definition) is 6. The van der Waals surface area contributed by atoms with Crippen molar-refractivity contribution in [3.8, 4) is 0 Å². The van der Waals surface area contributed by atoms with Crippen LogP contribution in [0.5, 0.6) is 0 Å². The fourth-order valence-electron chi connectivity index (χ4n) is 7.50. The van der Waals surface area contributed by atoms with Gasteiger partial charge >= 0.3 is 18.4 Å². The molecule has 0 saturated carbocycles. The molecule has 0 radical (unpaired) electrons. The van der Waals surface area contributed by atoms with Gasteiger partial charge in [0.15, 0.2) is 5.89 Å². The first-order valence-corrected chi connectivity index (χ1v) is 17.6. The highest BCUT2D eigenvalue weighted by Gasteiger charge is 2.39. The third-order valence-electron chi connectivity index (χ3n) is 10.1. The number of aryl methyl sites for hydroxylation is 1. The molecule has 9 nitrogen and oxygen atoms in total. The number of piperidine rings is 2. The highest BCUT2D eigenvalue weighted by molar-refractivity contribution is 5.90. The summed E-state index contributed by atoms with van der Waals surface area (Å²) < 4.78 is 89.0. The van der Waals surface area contributed by atoms with Gasteiger partial charge in [0.2, 0.25) is 5.95 Å². The number of anilines is 2. The van der Waals surface area contributed by atoms with Crippen LogP contribution in [0.1, 0.15) is 54.0 Å². The van der Waals surface area contributed by atoms with Crippen molar-refractivity contribution in [2.24, 2.45) is 0 Å². The van der Waals surface area contributed by atoms with Crippen LogP contribution in [0.3, 0.4) is 0 Å². The third kappa shape index (κ3) is 8.45. The van der Waals surface area contributed by atoms with Crippen molar-refractivity contribution in [3.05, 3.63) is 107 Å². The van der Waals surface area contributed by atoms with Crippen LogP contribution in [0.4, 0.5) is 42.8 Å². The van der Waals surface area contributed by atoms with Crippen molar-refractivity contribution in [1.29, 1.82) is 0 Å². The number of amides is 2. The lowest BCUT2D eigenvalue weighted by atomic mass is 9.90. The van der Waals surface area contributed by atoms with Crippen molar-refractivity contribution in [2.75, 3.05) is 30.3 Å². The van der Waals surface area contributed by atoms with E-state index in [1.54, 1.807) is 11.1 Å². The Morgan fingerprint density at radius 2 is 1.57 bits per heavy atom. The van der Waals surface area contributed by atoms with Gasteiger partial charge in [0.05, 0.1) is 34.9 Å². The molecule has 2 aromatic heterocycles. The maximum atomic E-state index is 13.6. The van der Waals surface area contributed by atoms with Gasteiger partial charge in [-0.05, 0) is 68.0 Å². The van der Waals surface area contributed by atoms with Crippen LogP contribution in [-0.2, 0) is 25.3 Å². The lowest BCUT2D eigenvalue weighted by molar-refractivity contribution is -0.143. The number of hydrogen-bond donors (Lipinski definition) is 2. The van der Waals surface area contributed by atoms with E-state index in [-0.39, 0.29) is 24.2 Å². The largest absolute Gasteiger partial charge is 0.444 e. The fourth-order valence-corrected chi connectivity index (χ4v) is 7.50. The number of halogens is 6. The van der Waals surface area contributed by atoms with Gasteiger partial charge in [-0.2, -0.15) is 26.3 Å². The second kappa shape index (κ2) is 14.8. The van der Waals surface area contributed by atoms with Gasteiger partial charge in [-0.25, -0.2) is 14.8 Å². The maximum Gasteiger partial charge on any atom is 0.416 e. The molecule has 53 heavy (non-hydrogen) atoms. The maximum absolute atomic E-state index is 13.6. The highest BCUT2D eigenvalue weighted by Crippen LogP contribution is 2.38. The molecule has 3 aromatic carbocycles. The van der Waals surface area contributed by atoms with E-state index in [0.717, 1.165) is 54.2 Å². The first-order chi connectivity index (χ1) is 25.3. The van der Waals surface area contributed by atoms with Crippen molar-refractivity contribution in [2.45, 2.75) is 76.1 Å². The Balaban J connectivity index is 1.03. The fraction of sp³-hybridized carbons (Fsp3) is 0.395.